The molecule has 0 aliphatic carbocycles. The van der Waals surface area contributed by atoms with Crippen LogP contribution in [0.4, 0.5) is 0 Å². The van der Waals surface area contributed by atoms with Crippen molar-refractivity contribution >= 4 is 11.8 Å². The predicted molar refractivity (Wildman–Crippen MR) is 88.2 cm³/mol. The van der Waals surface area contributed by atoms with Crippen LogP contribution in [0.3, 0.4) is 0 Å². The molecule has 2 rings (SSSR count). The first kappa shape index (κ1) is 17.3. The maximum Gasteiger partial charge on any atom is 0.234 e. The Morgan fingerprint density at radius 2 is 2.04 bits per heavy atom. The fraction of sp³-hybridized carbons (Fsp3) is 0.529. The molecular formula is C17H25N3O3. The molecule has 6 heteroatoms. The Morgan fingerprint density at radius 1 is 1.35 bits per heavy atom. The molecule has 1 fully saturated rings. The van der Waals surface area contributed by atoms with Gasteiger partial charge in [0.25, 0.3) is 0 Å². The highest BCUT2D eigenvalue weighted by Crippen LogP contribution is 2.23. The predicted octanol–water partition coefficient (Wildman–Crippen LogP) is 0.940. The van der Waals surface area contributed by atoms with Crippen molar-refractivity contribution in [2.75, 3.05) is 33.3 Å². The number of methoxy groups -OCH3 is 1. The van der Waals surface area contributed by atoms with Crippen LogP contribution in [0.25, 0.3) is 0 Å². The second-order valence-electron chi connectivity index (χ2n) is 6.12. The number of carbonyl (C=O) groups is 2. The molecule has 1 aliphatic heterocycles. The summed E-state index contributed by atoms with van der Waals surface area (Å²) in [6, 6.07) is 7.67. The lowest BCUT2D eigenvalue weighted by molar-refractivity contribution is -0.127. The summed E-state index contributed by atoms with van der Waals surface area (Å²) < 4.78 is 5.17. The lowest BCUT2D eigenvalue weighted by Gasteiger charge is -2.28. The Balaban J connectivity index is 1.97. The van der Waals surface area contributed by atoms with Crippen molar-refractivity contribution in [3.05, 3.63) is 29.8 Å². The van der Waals surface area contributed by atoms with E-state index in [0.717, 1.165) is 11.3 Å². The van der Waals surface area contributed by atoms with Crippen LogP contribution in [0.1, 0.15) is 25.5 Å². The van der Waals surface area contributed by atoms with Gasteiger partial charge in [-0.25, -0.2) is 0 Å². The summed E-state index contributed by atoms with van der Waals surface area (Å²) in [5.41, 5.74) is 1.05. The third-order valence-electron chi connectivity index (χ3n) is 3.94. The van der Waals surface area contributed by atoms with Crippen LogP contribution in [-0.2, 0) is 9.59 Å². The summed E-state index contributed by atoms with van der Waals surface area (Å²) in [5, 5.41) is 5.84. The van der Waals surface area contributed by atoms with Gasteiger partial charge in [0.2, 0.25) is 11.8 Å². The van der Waals surface area contributed by atoms with Gasteiger partial charge in [-0.2, -0.15) is 0 Å². The van der Waals surface area contributed by atoms with Gasteiger partial charge in [0, 0.05) is 13.1 Å². The number of nitrogens with one attached hydrogen (secondary N) is 2. The Kier molecular flexibility index (Phi) is 5.98. The molecule has 1 aliphatic rings. The zero-order chi connectivity index (χ0) is 16.8. The topological polar surface area (TPSA) is 70.7 Å². The summed E-state index contributed by atoms with van der Waals surface area (Å²) >= 11 is 0. The third kappa shape index (κ3) is 4.96. The van der Waals surface area contributed by atoms with Crippen LogP contribution in [0.2, 0.25) is 0 Å². The van der Waals surface area contributed by atoms with Crippen molar-refractivity contribution in [2.45, 2.75) is 19.9 Å². The van der Waals surface area contributed by atoms with Crippen molar-refractivity contribution in [3.8, 4) is 5.75 Å². The Hall–Kier alpha value is -2.08. The number of benzene rings is 1. The number of hydrogen-bond donors (Lipinski definition) is 2. The fourth-order valence-corrected chi connectivity index (χ4v) is 2.69. The molecule has 2 amide bonds. The summed E-state index contributed by atoms with van der Waals surface area (Å²) in [4.78, 5) is 25.6. The number of piperazine rings is 1. The van der Waals surface area contributed by atoms with Crippen LogP contribution >= 0.6 is 0 Å². The number of amides is 2. The molecule has 0 unspecified atom stereocenters. The fourth-order valence-electron chi connectivity index (χ4n) is 2.69. The minimum Gasteiger partial charge on any atom is -0.497 e. The normalized spacial score (nSPS) is 16.8. The number of rotatable bonds is 6. The van der Waals surface area contributed by atoms with Crippen LogP contribution in [-0.4, -0.2) is 50.0 Å². The minimum absolute atomic E-state index is 0.0281. The van der Waals surface area contributed by atoms with Gasteiger partial charge < -0.3 is 15.4 Å². The average Bonchev–Trinajstić information content (AvgIpc) is 2.52. The number of nitrogens with zero attached hydrogens (tertiary/aromatic N) is 1. The van der Waals surface area contributed by atoms with E-state index in [1.54, 1.807) is 7.11 Å². The molecule has 1 aromatic carbocycles. The van der Waals surface area contributed by atoms with E-state index in [9.17, 15) is 9.59 Å². The Labute approximate surface area is 137 Å². The molecule has 0 bridgehead atoms. The highest BCUT2D eigenvalue weighted by molar-refractivity contribution is 5.82. The first-order chi connectivity index (χ1) is 11.0. The second kappa shape index (κ2) is 7.97. The van der Waals surface area contributed by atoms with Crippen LogP contribution in [0.5, 0.6) is 5.75 Å². The van der Waals surface area contributed by atoms with E-state index in [0.29, 0.717) is 13.1 Å². The van der Waals surface area contributed by atoms with E-state index in [-0.39, 0.29) is 36.9 Å². The molecule has 0 saturated carbocycles. The smallest absolute Gasteiger partial charge is 0.234 e. The number of ether oxygens (including phenoxy) is 1. The standard InChI is InChI=1S/C17H25N3O3/c1-12(2)17(13-4-6-14(23-3)7-5-13)19-16(22)11-20-9-8-18-15(21)10-20/h4-7,12,17H,8-11H2,1-3H3,(H,18,21)(H,19,22)/t17-/m1/s1. The molecule has 6 nitrogen and oxygen atoms in total. The van der Waals surface area contributed by atoms with Crippen molar-refractivity contribution in [2.24, 2.45) is 5.92 Å². The van der Waals surface area contributed by atoms with Gasteiger partial charge >= 0.3 is 0 Å². The lowest BCUT2D eigenvalue weighted by atomic mass is 9.96. The van der Waals surface area contributed by atoms with E-state index in [1.165, 1.54) is 0 Å². The van der Waals surface area contributed by atoms with Crippen molar-refractivity contribution in [1.29, 1.82) is 0 Å². The first-order valence-electron chi connectivity index (χ1n) is 7.92. The minimum atomic E-state index is -0.0629. The van der Waals surface area contributed by atoms with Gasteiger partial charge in [-0.05, 0) is 23.6 Å². The SMILES string of the molecule is COc1ccc([C@H](NC(=O)CN2CCNC(=O)C2)C(C)C)cc1. The summed E-state index contributed by atoms with van der Waals surface area (Å²) in [6.07, 6.45) is 0. The van der Waals surface area contributed by atoms with E-state index < -0.39 is 0 Å². The second-order valence-corrected chi connectivity index (χ2v) is 6.12. The van der Waals surface area contributed by atoms with Crippen molar-refractivity contribution in [3.63, 3.8) is 0 Å². The van der Waals surface area contributed by atoms with Gasteiger partial charge in [-0.15, -0.1) is 0 Å². The zero-order valence-electron chi connectivity index (χ0n) is 14.0. The first-order valence-corrected chi connectivity index (χ1v) is 7.92. The maximum absolute atomic E-state index is 12.3. The average molecular weight is 319 g/mol. The molecule has 126 valence electrons. The zero-order valence-corrected chi connectivity index (χ0v) is 14.0. The molecule has 1 aromatic rings. The van der Waals surface area contributed by atoms with Crippen LogP contribution < -0.4 is 15.4 Å². The number of carbonyl (C=O) groups excluding carboxylic acids is 2. The van der Waals surface area contributed by atoms with Crippen molar-refractivity contribution in [1.82, 2.24) is 15.5 Å². The monoisotopic (exact) mass is 319 g/mol. The molecule has 23 heavy (non-hydrogen) atoms. The molecule has 1 heterocycles. The van der Waals surface area contributed by atoms with Gasteiger partial charge in [-0.3, -0.25) is 14.5 Å². The molecule has 1 atom stereocenters. The van der Waals surface area contributed by atoms with Gasteiger partial charge in [0.1, 0.15) is 5.75 Å². The maximum atomic E-state index is 12.3. The van der Waals surface area contributed by atoms with Crippen LogP contribution in [0.15, 0.2) is 24.3 Å². The Morgan fingerprint density at radius 3 is 2.61 bits per heavy atom. The van der Waals surface area contributed by atoms with Gasteiger partial charge in [0.05, 0.1) is 26.2 Å². The molecule has 2 N–H and O–H groups in total. The lowest BCUT2D eigenvalue weighted by Crippen LogP contribution is -2.51. The van der Waals surface area contributed by atoms with E-state index in [2.05, 4.69) is 24.5 Å². The molecular weight excluding hydrogens is 294 g/mol. The number of hydrogen-bond acceptors (Lipinski definition) is 4. The van der Waals surface area contributed by atoms with Crippen LogP contribution in [0, 0.1) is 5.92 Å². The summed E-state index contributed by atoms with van der Waals surface area (Å²) in [6.45, 7) is 5.97. The van der Waals surface area contributed by atoms with Gasteiger partial charge in [-0.1, -0.05) is 26.0 Å². The quantitative estimate of drug-likeness (QED) is 0.819. The van der Waals surface area contributed by atoms with E-state index in [1.807, 2.05) is 29.2 Å². The summed E-state index contributed by atoms with van der Waals surface area (Å²) in [7, 11) is 1.63. The van der Waals surface area contributed by atoms with Gasteiger partial charge in [0.15, 0.2) is 0 Å². The largest absolute Gasteiger partial charge is 0.497 e. The van der Waals surface area contributed by atoms with E-state index in [4.69, 9.17) is 4.74 Å². The molecule has 1 saturated heterocycles. The molecule has 0 spiro atoms. The molecule has 0 radical (unpaired) electrons. The highest BCUT2D eigenvalue weighted by Gasteiger charge is 2.22. The van der Waals surface area contributed by atoms with Crippen molar-refractivity contribution < 1.29 is 14.3 Å². The highest BCUT2D eigenvalue weighted by atomic mass is 16.5. The molecule has 0 aromatic heterocycles. The summed E-state index contributed by atoms with van der Waals surface area (Å²) in [5.74, 6) is 0.966. The Bertz CT molecular complexity index is 543. The third-order valence-corrected chi connectivity index (χ3v) is 3.94. The van der Waals surface area contributed by atoms with E-state index >= 15 is 0 Å².